The SMILES string of the molecule is O=C(O)c1cc(S(=O)(=O)NCCCCCO)c(Br)s1. The van der Waals surface area contributed by atoms with Gasteiger partial charge in [0.15, 0.2) is 0 Å². The average molecular weight is 372 g/mol. The van der Waals surface area contributed by atoms with E-state index in [-0.39, 0.29) is 26.7 Å². The molecule has 0 aliphatic heterocycles. The summed E-state index contributed by atoms with van der Waals surface area (Å²) in [5, 5.41) is 17.4. The first-order chi connectivity index (χ1) is 8.88. The Labute approximate surface area is 123 Å². The van der Waals surface area contributed by atoms with Gasteiger partial charge in [0.1, 0.15) is 9.77 Å². The molecule has 0 atom stereocenters. The highest BCUT2D eigenvalue weighted by Crippen LogP contribution is 2.31. The van der Waals surface area contributed by atoms with Crippen molar-refractivity contribution < 1.29 is 23.4 Å². The number of aliphatic hydroxyl groups excluding tert-OH is 1. The molecule has 0 aromatic carbocycles. The Morgan fingerprint density at radius 1 is 1.37 bits per heavy atom. The van der Waals surface area contributed by atoms with Crippen molar-refractivity contribution >= 4 is 43.3 Å². The van der Waals surface area contributed by atoms with Gasteiger partial charge < -0.3 is 10.2 Å². The number of carboxylic acids is 1. The molecule has 1 rings (SSSR count). The van der Waals surface area contributed by atoms with Gasteiger partial charge in [0.05, 0.1) is 3.79 Å². The van der Waals surface area contributed by atoms with E-state index < -0.39 is 16.0 Å². The number of hydrogen-bond acceptors (Lipinski definition) is 5. The Morgan fingerprint density at radius 2 is 2.05 bits per heavy atom. The second-order valence-electron chi connectivity index (χ2n) is 3.74. The lowest BCUT2D eigenvalue weighted by molar-refractivity contribution is 0.0702. The summed E-state index contributed by atoms with van der Waals surface area (Å²) in [6, 6.07) is 1.13. The van der Waals surface area contributed by atoms with Crippen LogP contribution in [0.4, 0.5) is 0 Å². The van der Waals surface area contributed by atoms with Crippen LogP contribution in [0.3, 0.4) is 0 Å². The summed E-state index contributed by atoms with van der Waals surface area (Å²) in [7, 11) is -3.70. The normalized spacial score (nSPS) is 11.7. The third kappa shape index (κ3) is 4.84. The highest BCUT2D eigenvalue weighted by Gasteiger charge is 2.22. The summed E-state index contributed by atoms with van der Waals surface area (Å²) < 4.78 is 26.6. The van der Waals surface area contributed by atoms with Gasteiger partial charge in [-0.2, -0.15) is 0 Å². The quantitative estimate of drug-likeness (QED) is 0.602. The molecule has 1 heterocycles. The molecule has 0 aliphatic carbocycles. The van der Waals surface area contributed by atoms with E-state index in [2.05, 4.69) is 20.7 Å². The fourth-order valence-corrected chi connectivity index (χ4v) is 4.81. The van der Waals surface area contributed by atoms with Gasteiger partial charge in [0.2, 0.25) is 10.0 Å². The zero-order valence-corrected chi connectivity index (χ0v) is 13.1. The van der Waals surface area contributed by atoms with Gasteiger partial charge in [-0.25, -0.2) is 17.9 Å². The van der Waals surface area contributed by atoms with Crippen molar-refractivity contribution in [2.45, 2.75) is 24.2 Å². The van der Waals surface area contributed by atoms with Crippen molar-refractivity contribution in [1.29, 1.82) is 0 Å². The molecule has 9 heteroatoms. The molecular weight excluding hydrogens is 358 g/mol. The zero-order valence-electron chi connectivity index (χ0n) is 9.93. The Hall–Kier alpha value is -0.480. The first-order valence-corrected chi connectivity index (χ1v) is 8.61. The number of carbonyl (C=O) groups is 1. The lowest BCUT2D eigenvalue weighted by atomic mass is 10.2. The number of halogens is 1. The van der Waals surface area contributed by atoms with Crippen LogP contribution < -0.4 is 4.72 Å². The van der Waals surface area contributed by atoms with E-state index in [0.717, 1.165) is 23.8 Å². The fraction of sp³-hybridized carbons (Fsp3) is 0.500. The van der Waals surface area contributed by atoms with Crippen molar-refractivity contribution in [2.75, 3.05) is 13.2 Å². The molecule has 108 valence electrons. The van der Waals surface area contributed by atoms with Crippen LogP contribution in [0.15, 0.2) is 14.7 Å². The van der Waals surface area contributed by atoms with Gasteiger partial charge in [-0.15, -0.1) is 11.3 Å². The van der Waals surface area contributed by atoms with E-state index in [9.17, 15) is 13.2 Å². The highest BCUT2D eigenvalue weighted by atomic mass is 79.9. The van der Waals surface area contributed by atoms with Crippen molar-refractivity contribution in [3.63, 3.8) is 0 Å². The molecule has 0 saturated carbocycles. The Morgan fingerprint density at radius 3 is 2.58 bits per heavy atom. The summed E-state index contributed by atoms with van der Waals surface area (Å²) in [6.45, 7) is 0.345. The van der Waals surface area contributed by atoms with Crippen LogP contribution in [-0.4, -0.2) is 37.8 Å². The van der Waals surface area contributed by atoms with E-state index in [1.807, 2.05) is 0 Å². The molecule has 0 unspecified atom stereocenters. The van der Waals surface area contributed by atoms with E-state index in [1.165, 1.54) is 0 Å². The number of aromatic carboxylic acids is 1. The van der Waals surface area contributed by atoms with E-state index in [4.69, 9.17) is 10.2 Å². The number of hydrogen-bond donors (Lipinski definition) is 3. The number of rotatable bonds is 8. The van der Waals surface area contributed by atoms with Crippen molar-refractivity contribution in [3.05, 3.63) is 14.7 Å². The number of thiophene rings is 1. The van der Waals surface area contributed by atoms with Gasteiger partial charge in [0, 0.05) is 13.2 Å². The molecule has 1 aromatic heterocycles. The maximum absolute atomic E-state index is 11.9. The Kier molecular flexibility index (Phi) is 6.40. The van der Waals surface area contributed by atoms with Crippen LogP contribution in [0.2, 0.25) is 0 Å². The van der Waals surface area contributed by atoms with Gasteiger partial charge in [0.25, 0.3) is 0 Å². The van der Waals surface area contributed by atoms with Crippen molar-refractivity contribution in [3.8, 4) is 0 Å². The minimum absolute atomic E-state index is 0.0347. The summed E-state index contributed by atoms with van der Waals surface area (Å²) in [5.41, 5.74) is 0. The summed E-state index contributed by atoms with van der Waals surface area (Å²) >= 11 is 3.92. The molecule has 1 aromatic rings. The molecule has 0 aliphatic rings. The van der Waals surface area contributed by atoms with Gasteiger partial charge in [-0.05, 0) is 41.3 Å². The van der Waals surface area contributed by atoms with Gasteiger partial charge in [-0.3, -0.25) is 0 Å². The second-order valence-corrected chi connectivity index (χ2v) is 7.84. The molecule has 0 saturated heterocycles. The predicted molar refractivity (Wildman–Crippen MR) is 75.1 cm³/mol. The van der Waals surface area contributed by atoms with Crippen LogP contribution >= 0.6 is 27.3 Å². The largest absolute Gasteiger partial charge is 0.477 e. The smallest absolute Gasteiger partial charge is 0.345 e. The van der Waals surface area contributed by atoms with Crippen LogP contribution in [0.1, 0.15) is 28.9 Å². The van der Waals surface area contributed by atoms with Crippen molar-refractivity contribution in [2.24, 2.45) is 0 Å². The molecule has 3 N–H and O–H groups in total. The van der Waals surface area contributed by atoms with Crippen LogP contribution in [0, 0.1) is 0 Å². The second kappa shape index (κ2) is 7.34. The number of carboxylic acid groups (broad SMARTS) is 1. The van der Waals surface area contributed by atoms with Crippen LogP contribution in [0.25, 0.3) is 0 Å². The highest BCUT2D eigenvalue weighted by molar-refractivity contribution is 9.11. The molecule has 0 fully saturated rings. The van der Waals surface area contributed by atoms with Crippen LogP contribution in [0.5, 0.6) is 0 Å². The lowest BCUT2D eigenvalue weighted by Gasteiger charge is -2.05. The number of unbranched alkanes of at least 4 members (excludes halogenated alkanes) is 2. The first kappa shape index (κ1) is 16.6. The minimum atomic E-state index is -3.70. The maximum Gasteiger partial charge on any atom is 0.345 e. The summed E-state index contributed by atoms with van der Waals surface area (Å²) in [6.07, 6.45) is 1.98. The fourth-order valence-electron chi connectivity index (χ4n) is 1.34. The molecule has 0 amide bonds. The molecular formula is C10H14BrNO5S2. The minimum Gasteiger partial charge on any atom is -0.477 e. The maximum atomic E-state index is 11.9. The Bertz CT molecular complexity index is 540. The number of nitrogens with one attached hydrogen (secondary N) is 1. The van der Waals surface area contributed by atoms with Crippen LogP contribution in [-0.2, 0) is 10.0 Å². The standard InChI is InChI=1S/C10H14BrNO5S2/c11-9-8(6-7(18-9)10(14)15)19(16,17)12-4-2-1-3-5-13/h6,12-13H,1-5H2,(H,14,15). The summed E-state index contributed by atoms with van der Waals surface area (Å²) in [4.78, 5) is 10.7. The molecule has 6 nitrogen and oxygen atoms in total. The third-order valence-corrected chi connectivity index (χ3v) is 5.98. The predicted octanol–water partition coefficient (Wildman–Crippen LogP) is 1.65. The number of aliphatic hydroxyl groups is 1. The van der Waals surface area contributed by atoms with E-state index in [1.54, 1.807) is 0 Å². The summed E-state index contributed by atoms with van der Waals surface area (Å²) in [5.74, 6) is -1.16. The lowest BCUT2D eigenvalue weighted by Crippen LogP contribution is -2.24. The van der Waals surface area contributed by atoms with Gasteiger partial charge in [-0.1, -0.05) is 0 Å². The average Bonchev–Trinajstić information content (AvgIpc) is 2.72. The number of sulfonamides is 1. The monoisotopic (exact) mass is 371 g/mol. The molecule has 0 radical (unpaired) electrons. The first-order valence-electron chi connectivity index (χ1n) is 5.51. The molecule has 0 spiro atoms. The van der Waals surface area contributed by atoms with E-state index >= 15 is 0 Å². The third-order valence-electron chi connectivity index (χ3n) is 2.28. The zero-order chi connectivity index (χ0) is 14.5. The van der Waals surface area contributed by atoms with Gasteiger partial charge >= 0.3 is 5.97 Å². The molecule has 19 heavy (non-hydrogen) atoms. The van der Waals surface area contributed by atoms with E-state index in [0.29, 0.717) is 12.8 Å². The van der Waals surface area contributed by atoms with Crippen molar-refractivity contribution in [1.82, 2.24) is 4.72 Å². The molecule has 0 bridgehead atoms. The Balaban J connectivity index is 2.69. The topological polar surface area (TPSA) is 104 Å².